The summed E-state index contributed by atoms with van der Waals surface area (Å²) in [5.74, 6) is -0.683. The summed E-state index contributed by atoms with van der Waals surface area (Å²) in [5, 5.41) is 3.79. The highest BCUT2D eigenvalue weighted by Crippen LogP contribution is 2.22. The smallest absolute Gasteiger partial charge is 0.244 e. The summed E-state index contributed by atoms with van der Waals surface area (Å²) in [7, 11) is -4.16. The third-order valence-electron chi connectivity index (χ3n) is 4.56. The number of nitrogens with one attached hydrogen (secondary N) is 2. The molecule has 0 saturated carbocycles. The van der Waals surface area contributed by atoms with Crippen molar-refractivity contribution in [3.05, 3.63) is 59.4 Å². The predicted molar refractivity (Wildman–Crippen MR) is 124 cm³/mol. The van der Waals surface area contributed by atoms with Gasteiger partial charge in [0.2, 0.25) is 15.9 Å². The fourth-order valence-electron chi connectivity index (χ4n) is 2.99. The molecule has 1 amide bonds. The fraction of sp³-hybridized carbons (Fsp3) is 0.333. The molecule has 166 valence electrons. The molecule has 0 aliphatic heterocycles. The summed E-state index contributed by atoms with van der Waals surface area (Å²) in [5.41, 5.74) is 0.964. The van der Waals surface area contributed by atoms with Crippen molar-refractivity contribution >= 4 is 49.2 Å². The van der Waals surface area contributed by atoms with Crippen molar-refractivity contribution in [1.82, 2.24) is 15.0 Å². The number of para-hydroxylation sites is 1. The van der Waals surface area contributed by atoms with Gasteiger partial charge in [-0.15, -0.1) is 11.3 Å². The van der Waals surface area contributed by atoms with Gasteiger partial charge in [-0.1, -0.05) is 24.3 Å². The molecule has 0 saturated heterocycles. The third-order valence-corrected chi connectivity index (χ3v) is 7.80. The Kier molecular flexibility index (Phi) is 8.42. The van der Waals surface area contributed by atoms with E-state index in [1.165, 1.54) is 30.0 Å². The number of aromatic nitrogens is 1. The second-order valence-electron chi connectivity index (χ2n) is 6.86. The number of hydrogen-bond acceptors (Lipinski definition) is 6. The van der Waals surface area contributed by atoms with Crippen molar-refractivity contribution in [3.63, 3.8) is 0 Å². The zero-order chi connectivity index (χ0) is 22.3. The first-order valence-corrected chi connectivity index (χ1v) is 13.5. The number of carbonyl (C=O) groups excluding carboxylic acids is 1. The van der Waals surface area contributed by atoms with Gasteiger partial charge < -0.3 is 5.32 Å². The molecule has 0 radical (unpaired) electrons. The summed E-state index contributed by atoms with van der Waals surface area (Å²) in [6, 6.07) is 12.1. The fourth-order valence-corrected chi connectivity index (χ4v) is 5.78. The van der Waals surface area contributed by atoms with E-state index in [2.05, 4.69) is 15.0 Å². The Bertz CT molecular complexity index is 1100. The number of amides is 1. The van der Waals surface area contributed by atoms with Crippen LogP contribution in [0.15, 0.2) is 53.4 Å². The molecule has 31 heavy (non-hydrogen) atoms. The molecule has 0 aliphatic rings. The van der Waals surface area contributed by atoms with E-state index in [1.54, 1.807) is 11.3 Å². The van der Waals surface area contributed by atoms with E-state index in [1.807, 2.05) is 30.5 Å². The normalized spacial score (nSPS) is 12.7. The lowest BCUT2D eigenvalue weighted by Crippen LogP contribution is -2.47. The highest BCUT2D eigenvalue weighted by Gasteiger charge is 2.27. The Morgan fingerprint density at radius 3 is 2.68 bits per heavy atom. The number of carbonyl (C=O) groups is 1. The molecule has 1 aromatic heterocycles. The van der Waals surface area contributed by atoms with Gasteiger partial charge in [-0.05, 0) is 49.1 Å². The Balaban J connectivity index is 1.57. The first-order valence-electron chi connectivity index (χ1n) is 9.78. The minimum absolute atomic E-state index is 0.304. The monoisotopic (exact) mass is 481 g/mol. The van der Waals surface area contributed by atoms with Gasteiger partial charge in [-0.3, -0.25) is 4.79 Å². The number of sulfonamides is 1. The molecular weight excluding hydrogens is 457 g/mol. The maximum atomic E-state index is 13.9. The van der Waals surface area contributed by atoms with Crippen LogP contribution in [0.4, 0.5) is 4.39 Å². The van der Waals surface area contributed by atoms with Crippen LogP contribution < -0.4 is 10.0 Å². The van der Waals surface area contributed by atoms with Crippen LogP contribution >= 0.6 is 23.1 Å². The lowest BCUT2D eigenvalue weighted by Gasteiger charge is -2.18. The quantitative estimate of drug-likeness (QED) is 0.409. The van der Waals surface area contributed by atoms with Crippen molar-refractivity contribution < 1.29 is 17.6 Å². The van der Waals surface area contributed by atoms with Gasteiger partial charge in [0.15, 0.2) is 0 Å². The molecule has 3 rings (SSSR count). The molecule has 3 aromatic rings. The maximum absolute atomic E-state index is 13.9. The number of aryl methyl sites for hydroxylation is 1. The van der Waals surface area contributed by atoms with Gasteiger partial charge >= 0.3 is 0 Å². The number of halogens is 1. The number of hydrogen-bond donors (Lipinski definition) is 2. The van der Waals surface area contributed by atoms with Crippen LogP contribution in [0.5, 0.6) is 0 Å². The summed E-state index contributed by atoms with van der Waals surface area (Å²) in [4.78, 5) is 16.7. The lowest BCUT2D eigenvalue weighted by atomic mass is 10.2. The summed E-state index contributed by atoms with van der Waals surface area (Å²) in [6.45, 7) is 0.395. The van der Waals surface area contributed by atoms with Crippen LogP contribution in [0.3, 0.4) is 0 Å². The van der Waals surface area contributed by atoms with Crippen LogP contribution in [0.1, 0.15) is 17.8 Å². The first-order chi connectivity index (χ1) is 14.9. The van der Waals surface area contributed by atoms with Crippen molar-refractivity contribution in [2.45, 2.75) is 30.2 Å². The van der Waals surface area contributed by atoms with E-state index < -0.39 is 32.7 Å². The van der Waals surface area contributed by atoms with Crippen molar-refractivity contribution in [3.8, 4) is 0 Å². The minimum Gasteiger partial charge on any atom is -0.355 e. The molecule has 2 aromatic carbocycles. The zero-order valence-electron chi connectivity index (χ0n) is 17.0. The number of rotatable bonds is 11. The second-order valence-corrected chi connectivity index (χ2v) is 10.6. The Morgan fingerprint density at radius 1 is 1.19 bits per heavy atom. The van der Waals surface area contributed by atoms with Crippen LogP contribution in [-0.2, 0) is 21.2 Å². The molecule has 6 nitrogen and oxygen atoms in total. The summed E-state index contributed by atoms with van der Waals surface area (Å²) >= 11 is 3.13. The van der Waals surface area contributed by atoms with Crippen LogP contribution in [0, 0.1) is 5.82 Å². The number of nitrogens with zero attached hydrogens (tertiary/aromatic N) is 1. The molecule has 0 fully saturated rings. The first kappa shape index (κ1) is 23.6. The Labute approximate surface area is 189 Å². The van der Waals surface area contributed by atoms with Gasteiger partial charge in [-0.25, -0.2) is 17.8 Å². The highest BCUT2D eigenvalue weighted by molar-refractivity contribution is 7.98. The average molecular weight is 482 g/mol. The third kappa shape index (κ3) is 6.49. The highest BCUT2D eigenvalue weighted by atomic mass is 32.2. The van der Waals surface area contributed by atoms with E-state index in [-0.39, 0.29) is 0 Å². The molecule has 10 heteroatoms. The van der Waals surface area contributed by atoms with E-state index in [9.17, 15) is 17.6 Å². The van der Waals surface area contributed by atoms with Gasteiger partial charge in [0.25, 0.3) is 0 Å². The van der Waals surface area contributed by atoms with Crippen molar-refractivity contribution in [2.24, 2.45) is 0 Å². The standard InChI is InChI=1S/C21H24FN3O3S3/c1-29-14-12-17(25-31(27,28)19-10-5-2-7-15(19)22)21(26)23-13-6-11-20-24-16-8-3-4-9-18(16)30-20/h2-5,7-10,17,25H,6,11-14H2,1H3,(H,23,26). The van der Waals surface area contributed by atoms with E-state index in [4.69, 9.17) is 0 Å². The molecule has 2 N–H and O–H groups in total. The van der Waals surface area contributed by atoms with E-state index in [0.717, 1.165) is 27.7 Å². The van der Waals surface area contributed by atoms with Gasteiger partial charge in [0.1, 0.15) is 16.8 Å². The summed E-state index contributed by atoms with van der Waals surface area (Å²) in [6.07, 6.45) is 3.58. The Morgan fingerprint density at radius 2 is 1.94 bits per heavy atom. The van der Waals surface area contributed by atoms with Crippen LogP contribution in [-0.4, -0.2) is 43.9 Å². The molecule has 0 spiro atoms. The van der Waals surface area contributed by atoms with E-state index >= 15 is 0 Å². The molecule has 1 atom stereocenters. The molecular formula is C21H24FN3O3S3. The van der Waals surface area contributed by atoms with Gasteiger partial charge in [0.05, 0.1) is 15.2 Å². The molecule has 0 bridgehead atoms. The summed E-state index contributed by atoms with van der Waals surface area (Å²) < 4.78 is 42.6. The second kappa shape index (κ2) is 11.0. The average Bonchev–Trinajstić information content (AvgIpc) is 3.17. The van der Waals surface area contributed by atoms with Crippen molar-refractivity contribution in [2.75, 3.05) is 18.6 Å². The minimum atomic E-state index is -4.16. The lowest BCUT2D eigenvalue weighted by molar-refractivity contribution is -0.122. The molecule has 1 heterocycles. The van der Waals surface area contributed by atoms with Gasteiger partial charge in [0, 0.05) is 13.0 Å². The number of thiazole rings is 1. The number of fused-ring (bicyclic) bond motifs is 1. The predicted octanol–water partition coefficient (Wildman–Crippen LogP) is 3.58. The van der Waals surface area contributed by atoms with Crippen LogP contribution in [0.2, 0.25) is 0 Å². The number of benzene rings is 2. The maximum Gasteiger partial charge on any atom is 0.244 e. The Hall–Kier alpha value is -2.01. The number of thioether (sulfide) groups is 1. The van der Waals surface area contributed by atoms with Crippen molar-refractivity contribution in [1.29, 1.82) is 0 Å². The largest absolute Gasteiger partial charge is 0.355 e. The molecule has 0 aliphatic carbocycles. The molecule has 1 unspecified atom stereocenters. The SMILES string of the molecule is CSCCC(NS(=O)(=O)c1ccccc1F)C(=O)NCCCc1nc2ccccc2s1. The van der Waals surface area contributed by atoms with Crippen LogP contribution in [0.25, 0.3) is 10.2 Å². The zero-order valence-corrected chi connectivity index (χ0v) is 19.5. The van der Waals surface area contributed by atoms with Gasteiger partial charge in [-0.2, -0.15) is 16.5 Å². The van der Waals surface area contributed by atoms with E-state index in [0.29, 0.717) is 25.1 Å². The topological polar surface area (TPSA) is 88.2 Å².